The van der Waals surface area contributed by atoms with Crippen LogP contribution in [-0.2, 0) is 13.2 Å². The van der Waals surface area contributed by atoms with Crippen LogP contribution in [0.4, 0.5) is 0 Å². The molecule has 5 heteroatoms. The summed E-state index contributed by atoms with van der Waals surface area (Å²) in [7, 11) is 0. The van der Waals surface area contributed by atoms with Crippen molar-refractivity contribution < 1.29 is 4.74 Å². The van der Waals surface area contributed by atoms with Crippen LogP contribution in [0.2, 0.25) is 5.02 Å². The van der Waals surface area contributed by atoms with Crippen LogP contribution >= 0.6 is 11.6 Å². The van der Waals surface area contributed by atoms with Crippen molar-refractivity contribution >= 4 is 17.6 Å². The largest absolute Gasteiger partial charge is 0.487 e. The van der Waals surface area contributed by atoms with Gasteiger partial charge >= 0.3 is 0 Å². The smallest absolute Gasteiger partial charge is 0.191 e. The van der Waals surface area contributed by atoms with E-state index in [1.54, 1.807) is 0 Å². The molecule has 1 aliphatic heterocycles. The molecule has 0 radical (unpaired) electrons. The highest BCUT2D eigenvalue weighted by Gasteiger charge is 2.07. The molecule has 120 valence electrons. The van der Waals surface area contributed by atoms with Crippen LogP contribution in [0.25, 0.3) is 0 Å². The summed E-state index contributed by atoms with van der Waals surface area (Å²) in [5, 5.41) is 7.24. The molecule has 0 aromatic heterocycles. The van der Waals surface area contributed by atoms with Crippen molar-refractivity contribution in [3.05, 3.63) is 64.7 Å². The number of ether oxygens (including phenoxy) is 1. The molecule has 23 heavy (non-hydrogen) atoms. The minimum atomic E-state index is 0.488. The Morgan fingerprint density at radius 3 is 2.65 bits per heavy atom. The van der Waals surface area contributed by atoms with E-state index < -0.39 is 0 Å². The molecule has 0 amide bonds. The molecule has 2 aromatic rings. The first-order chi connectivity index (χ1) is 11.3. The van der Waals surface area contributed by atoms with Crippen LogP contribution in [0.3, 0.4) is 0 Å². The van der Waals surface area contributed by atoms with Gasteiger partial charge in [-0.05, 0) is 29.7 Å². The Hall–Kier alpha value is -2.20. The van der Waals surface area contributed by atoms with Crippen LogP contribution in [0.15, 0.2) is 53.5 Å². The third-order valence-electron chi connectivity index (χ3n) is 3.68. The van der Waals surface area contributed by atoms with Crippen molar-refractivity contribution in [3.63, 3.8) is 0 Å². The zero-order chi connectivity index (χ0) is 15.9. The summed E-state index contributed by atoms with van der Waals surface area (Å²) >= 11 is 6.13. The number of hydrogen-bond acceptors (Lipinski definition) is 4. The lowest BCUT2D eigenvalue weighted by Gasteiger charge is -2.17. The molecule has 0 saturated carbocycles. The van der Waals surface area contributed by atoms with Crippen molar-refractivity contribution in [2.24, 2.45) is 4.99 Å². The maximum absolute atomic E-state index is 6.13. The highest BCUT2D eigenvalue weighted by atomic mass is 35.5. The number of para-hydroxylation sites is 1. The minimum Gasteiger partial charge on any atom is -0.487 e. The average Bonchev–Trinajstić information content (AvgIpc) is 2.61. The molecule has 0 saturated heterocycles. The third-order valence-corrected chi connectivity index (χ3v) is 3.99. The first kappa shape index (κ1) is 15.7. The molecular weight excluding hydrogens is 310 g/mol. The van der Waals surface area contributed by atoms with Gasteiger partial charge in [0.25, 0.3) is 0 Å². The Balaban J connectivity index is 1.63. The topological polar surface area (TPSA) is 45.6 Å². The number of nitrogens with zero attached hydrogens (tertiary/aromatic N) is 1. The van der Waals surface area contributed by atoms with Gasteiger partial charge in [0.05, 0.1) is 5.02 Å². The first-order valence-corrected chi connectivity index (χ1v) is 8.17. The summed E-state index contributed by atoms with van der Waals surface area (Å²) in [6.45, 7) is 3.06. The van der Waals surface area contributed by atoms with Gasteiger partial charge in [0.1, 0.15) is 12.4 Å². The molecular formula is C18H20ClN3O. The quantitative estimate of drug-likeness (QED) is 0.884. The Kier molecular flexibility index (Phi) is 5.37. The van der Waals surface area contributed by atoms with E-state index in [0.29, 0.717) is 23.9 Å². The van der Waals surface area contributed by atoms with Crippen molar-refractivity contribution in [2.75, 3.05) is 13.1 Å². The lowest BCUT2D eigenvalue weighted by Crippen LogP contribution is -2.40. The second kappa shape index (κ2) is 7.88. The van der Waals surface area contributed by atoms with Crippen molar-refractivity contribution in [3.8, 4) is 5.75 Å². The number of benzene rings is 2. The average molecular weight is 330 g/mol. The van der Waals surface area contributed by atoms with Crippen LogP contribution in [0.1, 0.15) is 17.5 Å². The predicted octanol–water partition coefficient (Wildman–Crippen LogP) is 3.36. The van der Waals surface area contributed by atoms with Gasteiger partial charge in [-0.2, -0.15) is 0 Å². The second-order valence-electron chi connectivity index (χ2n) is 5.35. The lowest BCUT2D eigenvalue weighted by atomic mass is 10.1. The molecule has 0 unspecified atom stereocenters. The molecule has 0 aliphatic carbocycles. The van der Waals surface area contributed by atoms with Gasteiger partial charge in [-0.3, -0.25) is 4.99 Å². The Morgan fingerprint density at radius 1 is 1.09 bits per heavy atom. The second-order valence-corrected chi connectivity index (χ2v) is 5.76. The molecule has 0 spiro atoms. The molecule has 2 N–H and O–H groups in total. The molecule has 2 aromatic carbocycles. The van der Waals surface area contributed by atoms with E-state index in [1.165, 1.54) is 5.56 Å². The number of nitrogens with one attached hydrogen (secondary N) is 2. The Bertz CT molecular complexity index is 687. The number of aliphatic imine (C=N–C) groups is 1. The minimum absolute atomic E-state index is 0.488. The number of hydrogen-bond donors (Lipinski definition) is 2. The van der Waals surface area contributed by atoms with E-state index >= 15 is 0 Å². The van der Waals surface area contributed by atoms with Gasteiger partial charge in [-0.25, -0.2) is 0 Å². The molecule has 0 atom stereocenters. The van der Waals surface area contributed by atoms with Crippen molar-refractivity contribution in [2.45, 2.75) is 19.6 Å². The van der Waals surface area contributed by atoms with E-state index in [1.807, 2.05) is 36.4 Å². The van der Waals surface area contributed by atoms with Crippen LogP contribution < -0.4 is 15.4 Å². The monoisotopic (exact) mass is 329 g/mol. The van der Waals surface area contributed by atoms with Gasteiger partial charge in [0, 0.05) is 19.6 Å². The SMILES string of the molecule is Clc1ccccc1OCc1ccccc1CNC1=NCCCN1. The van der Waals surface area contributed by atoms with E-state index in [4.69, 9.17) is 16.3 Å². The lowest BCUT2D eigenvalue weighted by molar-refractivity contribution is 0.305. The zero-order valence-electron chi connectivity index (χ0n) is 12.9. The van der Waals surface area contributed by atoms with Crippen molar-refractivity contribution in [1.29, 1.82) is 0 Å². The van der Waals surface area contributed by atoms with Crippen molar-refractivity contribution in [1.82, 2.24) is 10.6 Å². The predicted molar refractivity (Wildman–Crippen MR) is 94.0 cm³/mol. The summed E-state index contributed by atoms with van der Waals surface area (Å²) in [4.78, 5) is 4.43. The van der Waals surface area contributed by atoms with Crippen LogP contribution in [-0.4, -0.2) is 19.0 Å². The number of rotatable bonds is 5. The van der Waals surface area contributed by atoms with E-state index in [-0.39, 0.29) is 0 Å². The van der Waals surface area contributed by atoms with Crippen LogP contribution in [0.5, 0.6) is 5.75 Å². The normalized spacial score (nSPS) is 13.9. The van der Waals surface area contributed by atoms with Gasteiger partial charge in [0.15, 0.2) is 5.96 Å². The van der Waals surface area contributed by atoms with Gasteiger partial charge < -0.3 is 15.4 Å². The molecule has 0 bridgehead atoms. The number of guanidine groups is 1. The van der Waals surface area contributed by atoms with E-state index in [9.17, 15) is 0 Å². The van der Waals surface area contributed by atoms with Gasteiger partial charge in [-0.1, -0.05) is 48.0 Å². The Labute approximate surface area is 141 Å². The molecule has 0 fully saturated rings. The van der Waals surface area contributed by atoms with E-state index in [2.05, 4.69) is 27.8 Å². The molecule has 4 nitrogen and oxygen atoms in total. The van der Waals surface area contributed by atoms with Crippen LogP contribution in [0, 0.1) is 0 Å². The van der Waals surface area contributed by atoms with E-state index in [0.717, 1.165) is 31.0 Å². The maximum Gasteiger partial charge on any atom is 0.191 e. The summed E-state index contributed by atoms with van der Waals surface area (Å²) in [6, 6.07) is 15.7. The highest BCUT2D eigenvalue weighted by molar-refractivity contribution is 6.32. The fourth-order valence-electron chi connectivity index (χ4n) is 2.42. The Morgan fingerprint density at radius 2 is 1.87 bits per heavy atom. The summed E-state index contributed by atoms with van der Waals surface area (Å²) < 4.78 is 5.85. The summed E-state index contributed by atoms with van der Waals surface area (Å²) in [5.74, 6) is 1.58. The molecule has 3 rings (SSSR count). The zero-order valence-corrected chi connectivity index (χ0v) is 13.6. The third kappa shape index (κ3) is 4.39. The summed E-state index contributed by atoms with van der Waals surface area (Å²) in [5.41, 5.74) is 2.32. The fraction of sp³-hybridized carbons (Fsp3) is 0.278. The van der Waals surface area contributed by atoms with Gasteiger partial charge in [-0.15, -0.1) is 0 Å². The standard InChI is InChI=1S/C18H20ClN3O/c19-16-8-3-4-9-17(16)23-13-15-7-2-1-6-14(15)12-22-18-20-10-5-11-21-18/h1-4,6-9H,5,10-13H2,(H2,20,21,22). The fourth-order valence-corrected chi connectivity index (χ4v) is 2.61. The van der Waals surface area contributed by atoms with Gasteiger partial charge in [0.2, 0.25) is 0 Å². The molecule has 1 heterocycles. The number of halogens is 1. The highest BCUT2D eigenvalue weighted by Crippen LogP contribution is 2.24. The first-order valence-electron chi connectivity index (χ1n) is 7.79. The summed E-state index contributed by atoms with van der Waals surface area (Å²) in [6.07, 6.45) is 1.09. The molecule has 1 aliphatic rings. The maximum atomic E-state index is 6.13.